The number of benzene rings is 1. The number of hydrogen-bond donors (Lipinski definition) is 2. The topological polar surface area (TPSA) is 86.7 Å². The van der Waals surface area contributed by atoms with Gasteiger partial charge in [0.05, 0.1) is 11.3 Å². The summed E-state index contributed by atoms with van der Waals surface area (Å²) in [7, 11) is 0. The van der Waals surface area contributed by atoms with Crippen molar-refractivity contribution in [3.63, 3.8) is 0 Å². The summed E-state index contributed by atoms with van der Waals surface area (Å²) in [5.74, 6) is -1.83. The summed E-state index contributed by atoms with van der Waals surface area (Å²) >= 11 is 6.38. The van der Waals surface area contributed by atoms with Crippen LogP contribution in [0.4, 0.5) is 4.39 Å². The lowest BCUT2D eigenvalue weighted by Gasteiger charge is -2.14. The smallest absolute Gasteiger partial charge is 0.305 e. The van der Waals surface area contributed by atoms with Gasteiger partial charge in [-0.15, -0.1) is 0 Å². The van der Waals surface area contributed by atoms with Crippen LogP contribution in [0.15, 0.2) is 29.2 Å². The Morgan fingerprint density at radius 2 is 1.96 bits per heavy atom. The Morgan fingerprint density at radius 1 is 1.27 bits per heavy atom. The van der Waals surface area contributed by atoms with Crippen LogP contribution in [0.1, 0.15) is 24.8 Å². The maximum Gasteiger partial charge on any atom is 0.305 e. The Balaban J connectivity index is 1.84. The molecular weight excluding hydrogens is 379 g/mol. The van der Waals surface area contributed by atoms with Crippen LogP contribution in [0.2, 0.25) is 0 Å². The largest absolute Gasteiger partial charge is 0.481 e. The molecule has 0 bridgehead atoms. The number of halogens is 1. The number of thiocarbonyl (C=S) groups is 1. The van der Waals surface area contributed by atoms with Crippen molar-refractivity contribution in [2.75, 3.05) is 13.1 Å². The van der Waals surface area contributed by atoms with Crippen LogP contribution >= 0.6 is 24.0 Å². The molecule has 0 saturated carbocycles. The van der Waals surface area contributed by atoms with Crippen molar-refractivity contribution in [1.29, 1.82) is 0 Å². The molecule has 0 radical (unpaired) electrons. The molecular formula is C17H17FN2O4S2. The molecule has 0 spiro atoms. The molecule has 0 unspecified atom stereocenters. The Morgan fingerprint density at radius 3 is 2.62 bits per heavy atom. The summed E-state index contributed by atoms with van der Waals surface area (Å²) < 4.78 is 13.4. The third kappa shape index (κ3) is 5.92. The molecule has 1 fully saturated rings. The molecule has 0 aromatic heterocycles. The summed E-state index contributed by atoms with van der Waals surface area (Å²) in [6, 6.07) is 5.78. The first-order chi connectivity index (χ1) is 12.4. The maximum absolute atomic E-state index is 12.9. The van der Waals surface area contributed by atoms with Gasteiger partial charge in [-0.2, -0.15) is 0 Å². The van der Waals surface area contributed by atoms with Gasteiger partial charge < -0.3 is 10.4 Å². The number of nitrogens with zero attached hydrogens (tertiary/aromatic N) is 1. The third-order valence-electron chi connectivity index (χ3n) is 3.49. The Labute approximate surface area is 159 Å². The number of carbonyl (C=O) groups is 3. The van der Waals surface area contributed by atoms with E-state index in [-0.39, 0.29) is 37.0 Å². The highest BCUT2D eigenvalue weighted by Crippen LogP contribution is 2.32. The molecule has 138 valence electrons. The minimum Gasteiger partial charge on any atom is -0.481 e. The predicted molar refractivity (Wildman–Crippen MR) is 101 cm³/mol. The zero-order chi connectivity index (χ0) is 19.1. The first-order valence-electron chi connectivity index (χ1n) is 7.86. The lowest BCUT2D eigenvalue weighted by Crippen LogP contribution is -2.31. The van der Waals surface area contributed by atoms with Gasteiger partial charge in [0, 0.05) is 19.5 Å². The minimum absolute atomic E-state index is 0.0790. The van der Waals surface area contributed by atoms with Crippen molar-refractivity contribution in [2.24, 2.45) is 0 Å². The monoisotopic (exact) mass is 396 g/mol. The van der Waals surface area contributed by atoms with E-state index in [1.165, 1.54) is 28.8 Å². The summed E-state index contributed by atoms with van der Waals surface area (Å²) in [6.45, 7) is 0.382. The van der Waals surface area contributed by atoms with Crippen molar-refractivity contribution in [1.82, 2.24) is 10.2 Å². The van der Waals surface area contributed by atoms with Gasteiger partial charge in [0.15, 0.2) is 0 Å². The molecule has 1 aliphatic heterocycles. The van der Waals surface area contributed by atoms with Gasteiger partial charge in [-0.3, -0.25) is 19.3 Å². The average Bonchev–Trinajstić information content (AvgIpc) is 2.84. The zero-order valence-corrected chi connectivity index (χ0v) is 15.4. The van der Waals surface area contributed by atoms with Crippen molar-refractivity contribution in [3.05, 3.63) is 40.6 Å². The molecule has 1 saturated heterocycles. The van der Waals surface area contributed by atoms with Crippen molar-refractivity contribution >= 4 is 52.2 Å². The van der Waals surface area contributed by atoms with Crippen LogP contribution in [-0.2, 0) is 14.4 Å². The molecule has 9 heteroatoms. The molecule has 2 amide bonds. The van der Waals surface area contributed by atoms with Gasteiger partial charge in [-0.1, -0.05) is 36.1 Å². The van der Waals surface area contributed by atoms with E-state index in [4.69, 9.17) is 17.3 Å². The number of carboxylic acids is 1. The molecule has 6 nitrogen and oxygen atoms in total. The van der Waals surface area contributed by atoms with Crippen LogP contribution in [0, 0.1) is 5.82 Å². The average molecular weight is 396 g/mol. The number of carbonyl (C=O) groups excluding carboxylic acids is 2. The summed E-state index contributed by atoms with van der Waals surface area (Å²) in [5.41, 5.74) is 0.699. The van der Waals surface area contributed by atoms with E-state index in [1.807, 2.05) is 0 Å². The third-order valence-corrected chi connectivity index (χ3v) is 4.87. The first-order valence-corrected chi connectivity index (χ1v) is 9.08. The Hall–Kier alpha value is -2.26. The molecule has 1 aliphatic rings. The molecule has 1 aromatic rings. The summed E-state index contributed by atoms with van der Waals surface area (Å²) in [6.07, 6.45) is 2.11. The van der Waals surface area contributed by atoms with Crippen LogP contribution in [0.5, 0.6) is 0 Å². The number of carboxylic acid groups (broad SMARTS) is 1. The SMILES string of the molecule is O=C(O)CCNC(=O)CCCN1C(=O)/C(=C/c2ccc(F)cc2)SC1=S. The van der Waals surface area contributed by atoms with E-state index >= 15 is 0 Å². The quantitative estimate of drug-likeness (QED) is 0.518. The first kappa shape index (κ1) is 20.1. The van der Waals surface area contributed by atoms with Crippen LogP contribution in [-0.4, -0.2) is 45.2 Å². The highest BCUT2D eigenvalue weighted by molar-refractivity contribution is 8.26. The van der Waals surface area contributed by atoms with Crippen LogP contribution in [0.25, 0.3) is 6.08 Å². The number of hydrogen-bond acceptors (Lipinski definition) is 5. The number of thioether (sulfide) groups is 1. The van der Waals surface area contributed by atoms with Crippen molar-refractivity contribution < 1.29 is 23.9 Å². The number of amides is 2. The van der Waals surface area contributed by atoms with Crippen LogP contribution in [0.3, 0.4) is 0 Å². The lowest BCUT2D eigenvalue weighted by atomic mass is 10.2. The fourth-order valence-corrected chi connectivity index (χ4v) is 3.51. The lowest BCUT2D eigenvalue weighted by molar-refractivity contribution is -0.137. The molecule has 0 aliphatic carbocycles. The second-order valence-corrected chi connectivity index (χ2v) is 7.16. The number of aliphatic carboxylic acids is 1. The molecule has 2 N–H and O–H groups in total. The summed E-state index contributed by atoms with van der Waals surface area (Å²) in [5, 5.41) is 11.0. The second kappa shape index (κ2) is 9.44. The molecule has 2 rings (SSSR count). The summed E-state index contributed by atoms with van der Waals surface area (Å²) in [4.78, 5) is 36.3. The van der Waals surface area contributed by atoms with Crippen molar-refractivity contribution in [3.8, 4) is 0 Å². The number of rotatable bonds is 8. The predicted octanol–water partition coefficient (Wildman–Crippen LogP) is 2.40. The normalized spacial score (nSPS) is 15.6. The highest BCUT2D eigenvalue weighted by atomic mass is 32.2. The fourth-order valence-electron chi connectivity index (χ4n) is 2.20. The zero-order valence-electron chi connectivity index (χ0n) is 13.7. The molecule has 0 atom stereocenters. The van der Waals surface area contributed by atoms with E-state index in [0.29, 0.717) is 27.8 Å². The van der Waals surface area contributed by atoms with Crippen molar-refractivity contribution in [2.45, 2.75) is 19.3 Å². The Bertz CT molecular complexity index is 750. The molecule has 1 aromatic carbocycles. The highest BCUT2D eigenvalue weighted by Gasteiger charge is 2.31. The van der Waals surface area contributed by atoms with E-state index in [0.717, 1.165) is 0 Å². The van der Waals surface area contributed by atoms with E-state index in [9.17, 15) is 18.8 Å². The molecule has 1 heterocycles. The van der Waals surface area contributed by atoms with E-state index in [2.05, 4.69) is 5.32 Å². The van der Waals surface area contributed by atoms with E-state index in [1.54, 1.807) is 18.2 Å². The van der Waals surface area contributed by atoms with Gasteiger partial charge in [-0.25, -0.2) is 4.39 Å². The Kier molecular flexibility index (Phi) is 7.28. The second-order valence-electron chi connectivity index (χ2n) is 5.48. The van der Waals surface area contributed by atoms with Gasteiger partial charge in [0.25, 0.3) is 5.91 Å². The van der Waals surface area contributed by atoms with Gasteiger partial charge >= 0.3 is 5.97 Å². The van der Waals surface area contributed by atoms with Gasteiger partial charge in [-0.05, 0) is 30.2 Å². The standard InChI is InChI=1S/C17H17FN2O4S2/c18-12-5-3-11(4-6-12)10-13-16(24)20(17(25)26-13)9-1-2-14(21)19-8-7-15(22)23/h3-6,10H,1-2,7-9H2,(H,19,21)(H,22,23)/b13-10-. The number of nitrogens with one attached hydrogen (secondary N) is 1. The van der Waals surface area contributed by atoms with E-state index < -0.39 is 5.97 Å². The van der Waals surface area contributed by atoms with Gasteiger partial charge in [0.1, 0.15) is 10.1 Å². The van der Waals surface area contributed by atoms with Gasteiger partial charge in [0.2, 0.25) is 5.91 Å². The maximum atomic E-state index is 12.9. The molecule has 26 heavy (non-hydrogen) atoms. The fraction of sp³-hybridized carbons (Fsp3) is 0.294. The van der Waals surface area contributed by atoms with Crippen LogP contribution < -0.4 is 5.32 Å². The minimum atomic E-state index is -0.976.